The van der Waals surface area contributed by atoms with Gasteiger partial charge in [0.05, 0.1) is 27.7 Å². The van der Waals surface area contributed by atoms with Crippen molar-refractivity contribution in [1.29, 1.82) is 0 Å². The molecule has 1 aromatic heterocycles. The number of hydrogen-bond acceptors (Lipinski definition) is 8. The number of hydrogen-bond donors (Lipinski definition) is 0. The van der Waals surface area contributed by atoms with Crippen LogP contribution in [0.25, 0.3) is 11.0 Å². The van der Waals surface area contributed by atoms with Gasteiger partial charge in [-0.05, 0) is 19.1 Å². The van der Waals surface area contributed by atoms with Gasteiger partial charge < -0.3 is 18.9 Å². The van der Waals surface area contributed by atoms with Crippen molar-refractivity contribution in [1.82, 2.24) is 9.55 Å². The molecule has 11 heteroatoms. The lowest BCUT2D eigenvalue weighted by atomic mass is 10.1. The first-order chi connectivity index (χ1) is 14.5. The fourth-order valence-electron chi connectivity index (χ4n) is 3.25. The number of aryl methyl sites for hydroxylation is 1. The minimum absolute atomic E-state index is 0.0490. The quantitative estimate of drug-likeness (QED) is 0.400. The van der Waals surface area contributed by atoms with Gasteiger partial charge in [0.2, 0.25) is 0 Å². The summed E-state index contributed by atoms with van der Waals surface area (Å²) in [6, 6.07) is 3.23. The molecule has 31 heavy (non-hydrogen) atoms. The molecule has 2 aromatic rings. The van der Waals surface area contributed by atoms with Crippen molar-refractivity contribution in [3.63, 3.8) is 0 Å². The van der Waals surface area contributed by atoms with Crippen LogP contribution in [-0.2, 0) is 33.3 Å². The molecular weight excluding hydrogens is 451 g/mol. The van der Waals surface area contributed by atoms with Gasteiger partial charge in [0.1, 0.15) is 11.9 Å². The van der Waals surface area contributed by atoms with Crippen molar-refractivity contribution < 1.29 is 33.3 Å². The number of ether oxygens (including phenoxy) is 4. The predicted molar refractivity (Wildman–Crippen MR) is 113 cm³/mol. The SMILES string of the molecule is COC(C(OC(C)=O)[C@@H](CCOC(C)=O)OC(C)=O)n1c(C)nc2cc(Cl)c(Cl)cc21. The Morgan fingerprint density at radius 2 is 1.65 bits per heavy atom. The lowest BCUT2D eigenvalue weighted by molar-refractivity contribution is -0.186. The van der Waals surface area contributed by atoms with E-state index in [0.717, 1.165) is 0 Å². The average Bonchev–Trinajstić information content (AvgIpc) is 2.95. The Hall–Kier alpha value is -2.36. The van der Waals surface area contributed by atoms with Gasteiger partial charge in [-0.3, -0.25) is 19.0 Å². The van der Waals surface area contributed by atoms with Crippen LogP contribution in [0.15, 0.2) is 12.1 Å². The maximum Gasteiger partial charge on any atom is 0.303 e. The third-order valence-electron chi connectivity index (χ3n) is 4.38. The highest BCUT2D eigenvalue weighted by atomic mass is 35.5. The molecule has 0 aliphatic carbocycles. The third kappa shape index (κ3) is 6.32. The second kappa shape index (κ2) is 10.8. The number of rotatable bonds is 9. The number of carbonyl (C=O) groups is 3. The van der Waals surface area contributed by atoms with Gasteiger partial charge in [0.25, 0.3) is 0 Å². The van der Waals surface area contributed by atoms with Crippen molar-refractivity contribution in [3.05, 3.63) is 28.0 Å². The molecule has 9 nitrogen and oxygen atoms in total. The fraction of sp³-hybridized carbons (Fsp3) is 0.500. The molecule has 170 valence electrons. The first-order valence-corrected chi connectivity index (χ1v) is 10.1. The summed E-state index contributed by atoms with van der Waals surface area (Å²) in [5.74, 6) is -1.17. The summed E-state index contributed by atoms with van der Waals surface area (Å²) in [6.07, 6.45) is -2.90. The Labute approximate surface area is 189 Å². The van der Waals surface area contributed by atoms with E-state index in [1.54, 1.807) is 23.6 Å². The van der Waals surface area contributed by atoms with Crippen LogP contribution in [0.3, 0.4) is 0 Å². The van der Waals surface area contributed by atoms with Crippen molar-refractivity contribution in [2.45, 2.75) is 52.6 Å². The summed E-state index contributed by atoms with van der Waals surface area (Å²) < 4.78 is 23.2. The predicted octanol–water partition coefficient (Wildman–Crippen LogP) is 3.61. The zero-order chi connectivity index (χ0) is 23.3. The van der Waals surface area contributed by atoms with Gasteiger partial charge in [0, 0.05) is 34.3 Å². The third-order valence-corrected chi connectivity index (χ3v) is 5.10. The minimum atomic E-state index is -1.08. The zero-order valence-electron chi connectivity index (χ0n) is 17.8. The van der Waals surface area contributed by atoms with Crippen molar-refractivity contribution in [2.24, 2.45) is 0 Å². The Morgan fingerprint density at radius 1 is 1.03 bits per heavy atom. The molecule has 3 atom stereocenters. The van der Waals surface area contributed by atoms with E-state index in [0.29, 0.717) is 26.9 Å². The van der Waals surface area contributed by atoms with Crippen LogP contribution in [0.5, 0.6) is 0 Å². The lowest BCUT2D eigenvalue weighted by Crippen LogP contribution is -2.43. The second-order valence-electron chi connectivity index (χ2n) is 6.76. The molecule has 0 spiro atoms. The highest BCUT2D eigenvalue weighted by Gasteiger charge is 2.37. The lowest BCUT2D eigenvalue weighted by Gasteiger charge is -2.33. The van der Waals surface area contributed by atoms with E-state index in [4.69, 9.17) is 42.1 Å². The Bertz CT molecular complexity index is 976. The number of esters is 3. The number of fused-ring (bicyclic) bond motifs is 1. The first kappa shape index (κ1) is 24.9. The molecule has 0 saturated heterocycles. The summed E-state index contributed by atoms with van der Waals surface area (Å²) in [7, 11) is 1.42. The number of nitrogens with zero attached hydrogens (tertiary/aromatic N) is 2. The molecule has 0 radical (unpaired) electrons. The summed E-state index contributed by atoms with van der Waals surface area (Å²) >= 11 is 12.3. The van der Waals surface area contributed by atoms with E-state index < -0.39 is 36.3 Å². The summed E-state index contributed by atoms with van der Waals surface area (Å²) in [4.78, 5) is 39.3. The van der Waals surface area contributed by atoms with E-state index in [-0.39, 0.29) is 13.0 Å². The van der Waals surface area contributed by atoms with Crippen LogP contribution < -0.4 is 0 Å². The molecule has 0 fully saturated rings. The van der Waals surface area contributed by atoms with Crippen LogP contribution in [-0.4, -0.2) is 53.4 Å². The fourth-order valence-corrected chi connectivity index (χ4v) is 3.57. The van der Waals surface area contributed by atoms with Crippen LogP contribution in [0.2, 0.25) is 10.0 Å². The van der Waals surface area contributed by atoms with E-state index in [1.165, 1.54) is 27.9 Å². The van der Waals surface area contributed by atoms with Gasteiger partial charge in [-0.25, -0.2) is 4.98 Å². The smallest absolute Gasteiger partial charge is 0.303 e. The zero-order valence-corrected chi connectivity index (χ0v) is 19.3. The molecule has 1 aromatic carbocycles. The van der Waals surface area contributed by atoms with Crippen LogP contribution in [0.1, 0.15) is 39.2 Å². The number of aromatic nitrogens is 2. The molecule has 2 unspecified atom stereocenters. The maximum atomic E-state index is 11.9. The van der Waals surface area contributed by atoms with E-state index in [9.17, 15) is 14.4 Å². The highest BCUT2D eigenvalue weighted by Crippen LogP contribution is 2.33. The van der Waals surface area contributed by atoms with Crippen LogP contribution in [0.4, 0.5) is 0 Å². The Morgan fingerprint density at radius 3 is 2.19 bits per heavy atom. The number of benzene rings is 1. The van der Waals surface area contributed by atoms with E-state index in [2.05, 4.69) is 4.98 Å². The molecule has 1 heterocycles. The topological polar surface area (TPSA) is 106 Å². The molecule has 0 aliphatic rings. The molecule has 0 saturated carbocycles. The Balaban J connectivity index is 2.55. The molecular formula is C20H24Cl2N2O7. The van der Waals surface area contributed by atoms with Crippen LogP contribution in [0, 0.1) is 6.92 Å². The summed E-state index contributed by atoms with van der Waals surface area (Å²) in [5, 5.41) is 0.643. The number of methoxy groups -OCH3 is 1. The van der Waals surface area contributed by atoms with E-state index in [1.807, 2.05) is 0 Å². The molecule has 0 bridgehead atoms. The normalized spacial score (nSPS) is 14.0. The minimum Gasteiger partial charge on any atom is -0.466 e. The summed E-state index contributed by atoms with van der Waals surface area (Å²) in [6.45, 7) is 5.40. The monoisotopic (exact) mass is 474 g/mol. The van der Waals surface area contributed by atoms with Gasteiger partial charge in [-0.2, -0.15) is 0 Å². The van der Waals surface area contributed by atoms with Gasteiger partial charge >= 0.3 is 17.9 Å². The first-order valence-electron chi connectivity index (χ1n) is 9.39. The van der Waals surface area contributed by atoms with Crippen molar-refractivity contribution >= 4 is 52.1 Å². The van der Waals surface area contributed by atoms with Crippen LogP contribution >= 0.6 is 23.2 Å². The van der Waals surface area contributed by atoms with Crippen molar-refractivity contribution in [2.75, 3.05) is 13.7 Å². The largest absolute Gasteiger partial charge is 0.466 e. The Kier molecular flexibility index (Phi) is 8.67. The average molecular weight is 475 g/mol. The maximum absolute atomic E-state index is 11.9. The summed E-state index contributed by atoms with van der Waals surface area (Å²) in [5.41, 5.74) is 1.14. The molecule has 0 N–H and O–H groups in total. The van der Waals surface area contributed by atoms with Gasteiger partial charge in [-0.1, -0.05) is 23.2 Å². The molecule has 0 amide bonds. The number of carbonyl (C=O) groups excluding carboxylic acids is 3. The van der Waals surface area contributed by atoms with Gasteiger partial charge in [0.15, 0.2) is 12.3 Å². The second-order valence-corrected chi connectivity index (χ2v) is 7.58. The highest BCUT2D eigenvalue weighted by molar-refractivity contribution is 6.42. The molecule has 2 rings (SSSR count). The number of halogens is 2. The standard InChI is InChI=1S/C20H24Cl2N2O7/c1-10-23-16-8-14(21)15(22)9-17(16)24(10)20(28-5)19(31-13(4)27)18(30-12(3)26)6-7-29-11(2)25/h8-9,18-20H,6-7H2,1-5H3/t18-,19?,20?/m1/s1. The van der Waals surface area contributed by atoms with Crippen molar-refractivity contribution in [3.8, 4) is 0 Å². The molecule has 0 aliphatic heterocycles. The van der Waals surface area contributed by atoms with Gasteiger partial charge in [-0.15, -0.1) is 0 Å². The van der Waals surface area contributed by atoms with E-state index >= 15 is 0 Å². The number of imidazole rings is 1.